The van der Waals surface area contributed by atoms with Crippen molar-refractivity contribution in [1.82, 2.24) is 21.5 Å². The Kier molecular flexibility index (Phi) is 0.359. The number of nitrogens with one attached hydrogen (secondary N) is 4. The zero-order valence-electron chi connectivity index (χ0n) is 3.15. The highest BCUT2D eigenvalue weighted by atomic mass is 15.7. The summed E-state index contributed by atoms with van der Waals surface area (Å²) in [5.41, 5.74) is 5.84. The number of fused-ring (bicyclic) bond motifs is 1. The summed E-state index contributed by atoms with van der Waals surface area (Å²) in [6.07, 6.45) is 0.657. The molecule has 3 aliphatic rings. The minimum atomic E-state index is 0.329. The molecule has 0 amide bonds. The number of hydrogen-bond acceptors (Lipinski definition) is 4. The van der Waals surface area contributed by atoms with Crippen molar-refractivity contribution in [3.05, 3.63) is 0 Å². The molecule has 6 heavy (non-hydrogen) atoms. The first-order valence-corrected chi connectivity index (χ1v) is 1.98. The molecule has 0 aromatic carbocycles. The SMILES string of the molecule is N1NC2NC1N2. The molecule has 0 unspecified atom stereocenters. The molecule has 2 bridgehead atoms. The van der Waals surface area contributed by atoms with Crippen molar-refractivity contribution in [1.29, 1.82) is 0 Å². The molecule has 0 spiro atoms. The average molecular weight is 86.1 g/mol. The molecular weight excluding hydrogens is 80.0 g/mol. The lowest BCUT2D eigenvalue weighted by Gasteiger charge is -2.23. The summed E-state index contributed by atoms with van der Waals surface area (Å²) in [5.74, 6) is 0. The molecule has 4 N–H and O–H groups in total. The van der Waals surface area contributed by atoms with E-state index in [1.165, 1.54) is 0 Å². The Morgan fingerprint density at radius 1 is 0.833 bits per heavy atom. The van der Waals surface area contributed by atoms with Gasteiger partial charge in [0, 0.05) is 0 Å². The highest BCUT2D eigenvalue weighted by Gasteiger charge is 2.33. The van der Waals surface area contributed by atoms with Crippen LogP contribution in [0.1, 0.15) is 0 Å². The Morgan fingerprint density at radius 3 is 1.50 bits per heavy atom. The van der Waals surface area contributed by atoms with Crippen molar-refractivity contribution >= 4 is 0 Å². The molecule has 3 saturated heterocycles. The average Bonchev–Trinajstić information content (AvgIpc) is 1.72. The van der Waals surface area contributed by atoms with Gasteiger partial charge in [-0.15, -0.1) is 0 Å². The third-order valence-electron chi connectivity index (χ3n) is 1.04. The van der Waals surface area contributed by atoms with Crippen molar-refractivity contribution in [3.8, 4) is 0 Å². The molecule has 3 rings (SSSR count). The molecule has 0 aromatic rings. The van der Waals surface area contributed by atoms with Gasteiger partial charge in [-0.05, 0) is 0 Å². The van der Waals surface area contributed by atoms with Crippen molar-refractivity contribution in [2.24, 2.45) is 0 Å². The van der Waals surface area contributed by atoms with Crippen LogP contribution in [0, 0.1) is 0 Å². The van der Waals surface area contributed by atoms with Gasteiger partial charge < -0.3 is 0 Å². The van der Waals surface area contributed by atoms with Crippen LogP contribution >= 0.6 is 0 Å². The Morgan fingerprint density at radius 2 is 1.33 bits per heavy atom. The smallest absolute Gasteiger partial charge is 0.129 e. The van der Waals surface area contributed by atoms with Crippen LogP contribution in [0.5, 0.6) is 0 Å². The second-order valence-electron chi connectivity index (χ2n) is 1.49. The summed E-state index contributed by atoms with van der Waals surface area (Å²) >= 11 is 0. The van der Waals surface area contributed by atoms with Crippen LogP contribution in [-0.4, -0.2) is 12.6 Å². The Hall–Kier alpha value is -0.160. The van der Waals surface area contributed by atoms with E-state index in [2.05, 4.69) is 21.5 Å². The van der Waals surface area contributed by atoms with Crippen LogP contribution < -0.4 is 21.5 Å². The zero-order chi connectivity index (χ0) is 3.98. The molecule has 0 aliphatic carbocycles. The van der Waals surface area contributed by atoms with Crippen molar-refractivity contribution in [2.75, 3.05) is 0 Å². The van der Waals surface area contributed by atoms with Crippen LogP contribution in [0.4, 0.5) is 0 Å². The topological polar surface area (TPSA) is 48.1 Å². The standard InChI is InChI=1S/C2H6N4/c3-1-4-2(3)6-5-1/h1-6H. The summed E-state index contributed by atoms with van der Waals surface area (Å²) in [4.78, 5) is 0. The maximum Gasteiger partial charge on any atom is 0.129 e. The molecule has 4 nitrogen and oxygen atoms in total. The molecule has 3 fully saturated rings. The summed E-state index contributed by atoms with van der Waals surface area (Å²) in [6.45, 7) is 0. The maximum atomic E-state index is 3.08. The first kappa shape index (κ1) is 2.92. The molecule has 0 saturated carbocycles. The highest BCUT2D eigenvalue weighted by molar-refractivity contribution is 4.84. The van der Waals surface area contributed by atoms with E-state index in [1.807, 2.05) is 0 Å². The molecule has 3 aliphatic heterocycles. The monoisotopic (exact) mass is 86.1 g/mol. The number of hydrogen-bond donors (Lipinski definition) is 4. The lowest BCUT2D eigenvalue weighted by Crippen LogP contribution is -2.63. The summed E-state index contributed by atoms with van der Waals surface area (Å²) in [6, 6.07) is 0. The van der Waals surface area contributed by atoms with Gasteiger partial charge in [0.2, 0.25) is 0 Å². The third kappa shape index (κ3) is 0.188. The third-order valence-corrected chi connectivity index (χ3v) is 1.04. The first-order chi connectivity index (χ1) is 2.95. The number of rotatable bonds is 0. The minimum Gasteiger partial charge on any atom is -0.259 e. The largest absolute Gasteiger partial charge is 0.259 e. The first-order valence-electron chi connectivity index (χ1n) is 1.98. The quantitative estimate of drug-likeness (QED) is 0.271. The molecule has 3 heterocycles. The fourth-order valence-corrected chi connectivity index (χ4v) is 0.667. The molecule has 4 heteroatoms. The molecule has 34 valence electrons. The van der Waals surface area contributed by atoms with Crippen LogP contribution in [0.3, 0.4) is 0 Å². The van der Waals surface area contributed by atoms with E-state index in [0.717, 1.165) is 0 Å². The van der Waals surface area contributed by atoms with Gasteiger partial charge in [0.1, 0.15) is 12.6 Å². The molecule has 0 radical (unpaired) electrons. The normalized spacial score (nSPS) is 52.0. The van der Waals surface area contributed by atoms with Crippen molar-refractivity contribution in [3.63, 3.8) is 0 Å². The predicted octanol–water partition coefficient (Wildman–Crippen LogP) is -2.15. The lowest BCUT2D eigenvalue weighted by atomic mass is 10.6. The lowest BCUT2D eigenvalue weighted by molar-refractivity contribution is 0.278. The second kappa shape index (κ2) is 0.737. The van der Waals surface area contributed by atoms with Gasteiger partial charge in [0.05, 0.1) is 0 Å². The molecule has 0 aromatic heterocycles. The fourth-order valence-electron chi connectivity index (χ4n) is 0.667. The van der Waals surface area contributed by atoms with E-state index in [0.29, 0.717) is 12.6 Å². The zero-order valence-corrected chi connectivity index (χ0v) is 3.15. The van der Waals surface area contributed by atoms with Gasteiger partial charge in [-0.25, -0.2) is 10.9 Å². The molecular formula is C2H6N4. The van der Waals surface area contributed by atoms with Crippen molar-refractivity contribution in [2.45, 2.75) is 12.6 Å². The van der Waals surface area contributed by atoms with Crippen LogP contribution in [0.25, 0.3) is 0 Å². The van der Waals surface area contributed by atoms with Gasteiger partial charge >= 0.3 is 0 Å². The fraction of sp³-hybridized carbons (Fsp3) is 1.00. The van der Waals surface area contributed by atoms with E-state index in [4.69, 9.17) is 0 Å². The second-order valence-corrected chi connectivity index (χ2v) is 1.49. The van der Waals surface area contributed by atoms with E-state index >= 15 is 0 Å². The minimum absolute atomic E-state index is 0.329. The summed E-state index contributed by atoms with van der Waals surface area (Å²) in [5, 5.41) is 6.17. The van der Waals surface area contributed by atoms with Gasteiger partial charge in [0.25, 0.3) is 0 Å². The summed E-state index contributed by atoms with van der Waals surface area (Å²) < 4.78 is 0. The van der Waals surface area contributed by atoms with E-state index in [1.54, 1.807) is 0 Å². The van der Waals surface area contributed by atoms with Crippen LogP contribution in [-0.2, 0) is 0 Å². The van der Waals surface area contributed by atoms with Crippen LogP contribution in [0.15, 0.2) is 0 Å². The van der Waals surface area contributed by atoms with E-state index in [9.17, 15) is 0 Å². The highest BCUT2D eigenvalue weighted by Crippen LogP contribution is 1.93. The van der Waals surface area contributed by atoms with Crippen LogP contribution in [0.2, 0.25) is 0 Å². The molecule has 0 atom stereocenters. The Balaban J connectivity index is 2.16. The van der Waals surface area contributed by atoms with Gasteiger partial charge in [0.15, 0.2) is 0 Å². The van der Waals surface area contributed by atoms with E-state index in [-0.39, 0.29) is 0 Å². The summed E-state index contributed by atoms with van der Waals surface area (Å²) in [7, 11) is 0. The van der Waals surface area contributed by atoms with E-state index < -0.39 is 0 Å². The van der Waals surface area contributed by atoms with Crippen molar-refractivity contribution < 1.29 is 0 Å². The Bertz CT molecular complexity index is 52.4. The van der Waals surface area contributed by atoms with Gasteiger partial charge in [-0.1, -0.05) is 0 Å². The predicted molar refractivity (Wildman–Crippen MR) is 20.1 cm³/mol. The van der Waals surface area contributed by atoms with Gasteiger partial charge in [-0.3, -0.25) is 10.6 Å². The maximum absolute atomic E-state index is 3.08. The number of hydrazine groups is 1. The Labute approximate surface area is 35.3 Å². The van der Waals surface area contributed by atoms with Gasteiger partial charge in [-0.2, -0.15) is 0 Å².